The number of fused-ring (bicyclic) bond motifs is 1. The van der Waals surface area contributed by atoms with Crippen LogP contribution in [0.5, 0.6) is 11.5 Å². The largest absolute Gasteiger partial charge is 0.457 e. The minimum Gasteiger partial charge on any atom is -0.457 e. The summed E-state index contributed by atoms with van der Waals surface area (Å²) in [6.45, 7) is 3.24. The fraction of sp³-hybridized carbons (Fsp3) is 0.308. The highest BCUT2D eigenvalue weighted by Crippen LogP contribution is 2.26. The molecule has 0 spiro atoms. The van der Waals surface area contributed by atoms with Gasteiger partial charge in [-0.25, -0.2) is 4.39 Å². The van der Waals surface area contributed by atoms with Gasteiger partial charge in [0.15, 0.2) is 0 Å². The molecule has 2 amide bonds. The number of carbonyl (C=O) groups excluding carboxylic acids is 2. The summed E-state index contributed by atoms with van der Waals surface area (Å²) in [4.78, 5) is 27.3. The van der Waals surface area contributed by atoms with Crippen LogP contribution in [0.25, 0.3) is 10.8 Å². The number of nitrogens with one attached hydrogen (secondary N) is 2. The Labute approximate surface area is 193 Å². The van der Waals surface area contributed by atoms with Crippen molar-refractivity contribution in [3.8, 4) is 11.5 Å². The summed E-state index contributed by atoms with van der Waals surface area (Å²) < 4.78 is 18.9. The Bertz CT molecular complexity index is 1100. The third-order valence-corrected chi connectivity index (χ3v) is 5.18. The first-order chi connectivity index (χ1) is 15.9. The second-order valence-corrected chi connectivity index (χ2v) is 8.19. The van der Waals surface area contributed by atoms with Crippen molar-refractivity contribution in [2.45, 2.75) is 25.8 Å². The topological polar surface area (TPSA) is 70.7 Å². The van der Waals surface area contributed by atoms with Crippen LogP contribution in [0.15, 0.2) is 60.7 Å². The second-order valence-electron chi connectivity index (χ2n) is 8.19. The molecule has 0 saturated heterocycles. The van der Waals surface area contributed by atoms with Gasteiger partial charge in [0.1, 0.15) is 23.4 Å². The van der Waals surface area contributed by atoms with Crippen LogP contribution in [0.2, 0.25) is 0 Å². The van der Waals surface area contributed by atoms with Crippen LogP contribution in [-0.4, -0.2) is 49.9 Å². The summed E-state index contributed by atoms with van der Waals surface area (Å²) in [6, 6.07) is 16.1. The van der Waals surface area contributed by atoms with Crippen LogP contribution in [0.4, 0.5) is 4.39 Å². The van der Waals surface area contributed by atoms with Crippen molar-refractivity contribution in [2.75, 3.05) is 27.2 Å². The van der Waals surface area contributed by atoms with E-state index < -0.39 is 6.04 Å². The molecule has 3 aromatic rings. The van der Waals surface area contributed by atoms with Crippen LogP contribution in [0.1, 0.15) is 30.1 Å². The molecule has 174 valence electrons. The molecule has 0 bridgehead atoms. The van der Waals surface area contributed by atoms with Gasteiger partial charge < -0.3 is 20.3 Å². The monoisotopic (exact) mass is 451 g/mol. The molecule has 0 aliphatic carbocycles. The van der Waals surface area contributed by atoms with E-state index in [1.807, 2.05) is 44.1 Å². The molecule has 0 aliphatic rings. The zero-order valence-corrected chi connectivity index (χ0v) is 19.2. The number of ether oxygens (including phenoxy) is 1. The Hall–Kier alpha value is -3.45. The molecule has 0 heterocycles. The van der Waals surface area contributed by atoms with Gasteiger partial charge >= 0.3 is 0 Å². The van der Waals surface area contributed by atoms with E-state index in [0.29, 0.717) is 30.0 Å². The Morgan fingerprint density at radius 3 is 2.33 bits per heavy atom. The molecule has 6 nitrogen and oxygen atoms in total. The summed E-state index contributed by atoms with van der Waals surface area (Å²) in [6.07, 6.45) is 1.35. The first kappa shape index (κ1) is 24.2. The van der Waals surface area contributed by atoms with E-state index in [1.54, 1.807) is 30.3 Å². The van der Waals surface area contributed by atoms with Gasteiger partial charge in [-0.2, -0.15) is 0 Å². The molecule has 2 N–H and O–H groups in total. The van der Waals surface area contributed by atoms with Gasteiger partial charge in [0.05, 0.1) is 0 Å². The van der Waals surface area contributed by atoms with Gasteiger partial charge in [-0.1, -0.05) is 25.5 Å². The minimum atomic E-state index is -0.577. The summed E-state index contributed by atoms with van der Waals surface area (Å²) in [5.41, 5.74) is 0.483. The van der Waals surface area contributed by atoms with E-state index in [0.717, 1.165) is 23.7 Å². The van der Waals surface area contributed by atoms with Crippen LogP contribution >= 0.6 is 0 Å². The number of amides is 2. The van der Waals surface area contributed by atoms with Crippen molar-refractivity contribution in [2.24, 2.45) is 0 Å². The predicted molar refractivity (Wildman–Crippen MR) is 128 cm³/mol. The SMILES string of the molecule is CCC[C@H](NC(=O)c1ccc2cc(Oc3ccc(F)cc3)ccc2c1)C(=O)NCCN(C)C. The molecule has 0 aromatic heterocycles. The molecular formula is C26H30FN3O3. The number of rotatable bonds is 10. The number of carbonyl (C=O) groups is 2. The van der Waals surface area contributed by atoms with E-state index in [2.05, 4.69) is 10.6 Å². The molecular weight excluding hydrogens is 421 g/mol. The average molecular weight is 452 g/mol. The maximum absolute atomic E-state index is 13.1. The summed E-state index contributed by atoms with van der Waals surface area (Å²) in [7, 11) is 3.88. The lowest BCUT2D eigenvalue weighted by Gasteiger charge is -2.19. The minimum absolute atomic E-state index is 0.171. The Kier molecular flexibility index (Phi) is 8.38. The predicted octanol–water partition coefficient (Wildman–Crippen LogP) is 4.35. The average Bonchev–Trinajstić information content (AvgIpc) is 2.79. The zero-order chi connectivity index (χ0) is 23.8. The van der Waals surface area contributed by atoms with E-state index in [1.165, 1.54) is 12.1 Å². The van der Waals surface area contributed by atoms with Crippen molar-refractivity contribution >= 4 is 22.6 Å². The fourth-order valence-electron chi connectivity index (χ4n) is 3.39. The number of nitrogens with zero attached hydrogens (tertiary/aromatic N) is 1. The zero-order valence-electron chi connectivity index (χ0n) is 19.2. The van der Waals surface area contributed by atoms with Crippen LogP contribution in [0.3, 0.4) is 0 Å². The molecule has 7 heteroatoms. The van der Waals surface area contributed by atoms with Gasteiger partial charge in [0.2, 0.25) is 5.91 Å². The maximum Gasteiger partial charge on any atom is 0.251 e. The molecule has 0 aliphatic heterocycles. The quantitative estimate of drug-likeness (QED) is 0.481. The number of halogens is 1. The van der Waals surface area contributed by atoms with Crippen molar-refractivity contribution in [1.82, 2.24) is 15.5 Å². The molecule has 0 fully saturated rings. The lowest BCUT2D eigenvalue weighted by Crippen LogP contribution is -2.47. The van der Waals surface area contributed by atoms with Gasteiger partial charge in [0, 0.05) is 18.7 Å². The van der Waals surface area contributed by atoms with E-state index in [9.17, 15) is 14.0 Å². The third kappa shape index (κ3) is 7.02. The van der Waals surface area contributed by atoms with E-state index in [-0.39, 0.29) is 17.6 Å². The number of hydrogen-bond donors (Lipinski definition) is 2. The first-order valence-electron chi connectivity index (χ1n) is 11.1. The summed E-state index contributed by atoms with van der Waals surface area (Å²) in [5, 5.41) is 7.52. The van der Waals surface area contributed by atoms with E-state index in [4.69, 9.17) is 4.74 Å². The van der Waals surface area contributed by atoms with Gasteiger partial charge in [-0.3, -0.25) is 9.59 Å². The van der Waals surface area contributed by atoms with Crippen LogP contribution in [-0.2, 0) is 4.79 Å². The highest BCUT2D eigenvalue weighted by Gasteiger charge is 2.20. The number of benzene rings is 3. The molecule has 3 aromatic carbocycles. The second kappa shape index (κ2) is 11.4. The first-order valence-corrected chi connectivity index (χ1v) is 11.1. The highest BCUT2D eigenvalue weighted by atomic mass is 19.1. The molecule has 0 radical (unpaired) electrons. The smallest absolute Gasteiger partial charge is 0.251 e. The Morgan fingerprint density at radius 2 is 1.64 bits per heavy atom. The molecule has 33 heavy (non-hydrogen) atoms. The van der Waals surface area contributed by atoms with E-state index >= 15 is 0 Å². The van der Waals surface area contributed by atoms with Gasteiger partial charge in [-0.05, 0) is 79.8 Å². The van der Waals surface area contributed by atoms with Gasteiger partial charge in [-0.15, -0.1) is 0 Å². The normalized spacial score (nSPS) is 11.9. The van der Waals surface area contributed by atoms with Crippen LogP contribution < -0.4 is 15.4 Å². The van der Waals surface area contributed by atoms with Crippen molar-refractivity contribution in [3.05, 3.63) is 72.0 Å². The molecule has 0 unspecified atom stereocenters. The fourth-order valence-corrected chi connectivity index (χ4v) is 3.39. The highest BCUT2D eigenvalue weighted by molar-refractivity contribution is 6.00. The molecule has 3 rings (SSSR count). The van der Waals surface area contributed by atoms with Crippen molar-refractivity contribution in [1.29, 1.82) is 0 Å². The number of likely N-dealkylation sites (N-methyl/N-ethyl adjacent to an activating group) is 1. The standard InChI is InChI=1S/C26H30FN3O3/c1-4-5-24(26(32)28-14-15-30(2)3)29-25(31)20-7-6-19-17-23(11-8-18(19)16-20)33-22-12-9-21(27)10-13-22/h6-13,16-17,24H,4-5,14-15H2,1-3H3,(H,28,32)(H,29,31)/t24-/m0/s1. The lowest BCUT2D eigenvalue weighted by atomic mass is 10.1. The summed E-state index contributed by atoms with van der Waals surface area (Å²) >= 11 is 0. The van der Waals surface area contributed by atoms with Crippen molar-refractivity contribution < 1.29 is 18.7 Å². The third-order valence-electron chi connectivity index (χ3n) is 5.18. The van der Waals surface area contributed by atoms with Crippen LogP contribution in [0, 0.1) is 5.82 Å². The lowest BCUT2D eigenvalue weighted by molar-refractivity contribution is -0.123. The molecule has 1 atom stereocenters. The Morgan fingerprint density at radius 1 is 0.970 bits per heavy atom. The van der Waals surface area contributed by atoms with Gasteiger partial charge in [0.25, 0.3) is 5.91 Å². The maximum atomic E-state index is 13.1. The summed E-state index contributed by atoms with van der Waals surface area (Å²) in [5.74, 6) is 0.375. The number of hydrogen-bond acceptors (Lipinski definition) is 4. The van der Waals surface area contributed by atoms with Crippen molar-refractivity contribution in [3.63, 3.8) is 0 Å². The Balaban J connectivity index is 1.68. The molecule has 0 saturated carbocycles.